The standard InChI is InChI=1S/C17H24N2O4/c1-11-9-19(10-12(2)23-11)17(20)13(3)18-14-4-5-15-16(8-14)22-7-6-21-15/h4-5,8,11-13,18H,6-7,9-10H2,1-3H3/t11-,12+,13-/m1/s1. The summed E-state index contributed by atoms with van der Waals surface area (Å²) in [6.07, 6.45) is 0.147. The SMILES string of the molecule is C[C@@H]1CN(C(=O)[C@@H](C)Nc2ccc3c(c2)OCCO3)C[C@H](C)O1. The average Bonchev–Trinajstić information content (AvgIpc) is 2.53. The van der Waals surface area contributed by atoms with Gasteiger partial charge in [0.2, 0.25) is 5.91 Å². The van der Waals surface area contributed by atoms with E-state index in [0.29, 0.717) is 26.3 Å². The lowest BCUT2D eigenvalue weighted by Crippen LogP contribution is -2.52. The summed E-state index contributed by atoms with van der Waals surface area (Å²) in [7, 11) is 0. The van der Waals surface area contributed by atoms with Gasteiger partial charge in [-0.25, -0.2) is 0 Å². The van der Waals surface area contributed by atoms with Crippen molar-refractivity contribution in [3.05, 3.63) is 18.2 Å². The monoisotopic (exact) mass is 320 g/mol. The van der Waals surface area contributed by atoms with E-state index in [-0.39, 0.29) is 24.2 Å². The van der Waals surface area contributed by atoms with E-state index in [1.807, 2.05) is 43.9 Å². The molecule has 2 heterocycles. The van der Waals surface area contributed by atoms with Crippen LogP contribution in [0.1, 0.15) is 20.8 Å². The Bertz CT molecular complexity index is 568. The molecule has 3 atom stereocenters. The van der Waals surface area contributed by atoms with E-state index < -0.39 is 0 Å². The summed E-state index contributed by atoms with van der Waals surface area (Å²) in [5.41, 5.74) is 0.851. The number of fused-ring (bicyclic) bond motifs is 1. The maximum atomic E-state index is 12.6. The van der Waals surface area contributed by atoms with Gasteiger partial charge in [0.25, 0.3) is 0 Å². The van der Waals surface area contributed by atoms with Crippen molar-refractivity contribution < 1.29 is 19.0 Å². The molecule has 3 rings (SSSR count). The van der Waals surface area contributed by atoms with Gasteiger partial charge in [0, 0.05) is 24.8 Å². The number of nitrogens with one attached hydrogen (secondary N) is 1. The van der Waals surface area contributed by atoms with E-state index in [4.69, 9.17) is 14.2 Å². The lowest BCUT2D eigenvalue weighted by molar-refractivity contribution is -0.143. The fourth-order valence-corrected chi connectivity index (χ4v) is 3.08. The number of hydrogen-bond donors (Lipinski definition) is 1. The van der Waals surface area contributed by atoms with Crippen molar-refractivity contribution in [2.24, 2.45) is 0 Å². The molecule has 1 amide bonds. The first-order valence-corrected chi connectivity index (χ1v) is 8.13. The van der Waals surface area contributed by atoms with Gasteiger partial charge in [-0.05, 0) is 32.9 Å². The van der Waals surface area contributed by atoms with Gasteiger partial charge in [0.1, 0.15) is 19.3 Å². The molecule has 126 valence electrons. The molecule has 0 radical (unpaired) electrons. The van der Waals surface area contributed by atoms with E-state index in [1.165, 1.54) is 0 Å². The van der Waals surface area contributed by atoms with Crippen LogP contribution in [0.5, 0.6) is 11.5 Å². The zero-order valence-corrected chi connectivity index (χ0v) is 13.9. The minimum atomic E-state index is -0.310. The molecule has 0 unspecified atom stereocenters. The number of rotatable bonds is 3. The second-order valence-electron chi connectivity index (χ2n) is 6.23. The second-order valence-corrected chi connectivity index (χ2v) is 6.23. The molecule has 0 bridgehead atoms. The fourth-order valence-electron chi connectivity index (χ4n) is 3.08. The van der Waals surface area contributed by atoms with Crippen LogP contribution < -0.4 is 14.8 Å². The summed E-state index contributed by atoms with van der Waals surface area (Å²) in [5, 5.41) is 3.25. The Morgan fingerprint density at radius 1 is 1.17 bits per heavy atom. The van der Waals surface area contributed by atoms with E-state index in [9.17, 15) is 4.79 Å². The number of morpholine rings is 1. The molecular formula is C17H24N2O4. The lowest BCUT2D eigenvalue weighted by atomic mass is 10.2. The van der Waals surface area contributed by atoms with Gasteiger partial charge in [-0.15, -0.1) is 0 Å². The van der Waals surface area contributed by atoms with Gasteiger partial charge in [-0.2, -0.15) is 0 Å². The van der Waals surface area contributed by atoms with Crippen LogP contribution in [0.4, 0.5) is 5.69 Å². The Hall–Kier alpha value is -1.95. The summed E-state index contributed by atoms with van der Waals surface area (Å²) < 4.78 is 16.8. The largest absolute Gasteiger partial charge is 0.486 e. The molecule has 1 N–H and O–H groups in total. The van der Waals surface area contributed by atoms with Crippen LogP contribution >= 0.6 is 0 Å². The smallest absolute Gasteiger partial charge is 0.244 e. The topological polar surface area (TPSA) is 60.0 Å². The van der Waals surface area contributed by atoms with Gasteiger partial charge in [-0.3, -0.25) is 4.79 Å². The number of amides is 1. The fraction of sp³-hybridized carbons (Fsp3) is 0.588. The van der Waals surface area contributed by atoms with Gasteiger partial charge in [0.05, 0.1) is 12.2 Å². The minimum Gasteiger partial charge on any atom is -0.486 e. The third kappa shape index (κ3) is 3.69. The van der Waals surface area contributed by atoms with Crippen molar-refractivity contribution >= 4 is 11.6 Å². The first-order valence-electron chi connectivity index (χ1n) is 8.13. The third-order valence-corrected chi connectivity index (χ3v) is 4.03. The van der Waals surface area contributed by atoms with Crippen LogP contribution in [0, 0.1) is 0 Å². The van der Waals surface area contributed by atoms with Crippen molar-refractivity contribution in [3.63, 3.8) is 0 Å². The first kappa shape index (κ1) is 15.9. The van der Waals surface area contributed by atoms with Crippen LogP contribution in [0.25, 0.3) is 0 Å². The third-order valence-electron chi connectivity index (χ3n) is 4.03. The number of carbonyl (C=O) groups excluding carboxylic acids is 1. The maximum Gasteiger partial charge on any atom is 0.244 e. The van der Waals surface area contributed by atoms with E-state index in [0.717, 1.165) is 17.2 Å². The quantitative estimate of drug-likeness (QED) is 0.922. The molecule has 0 saturated carbocycles. The predicted molar refractivity (Wildman–Crippen MR) is 87.1 cm³/mol. The van der Waals surface area contributed by atoms with Crippen molar-refractivity contribution in [1.82, 2.24) is 4.90 Å². The molecule has 1 fully saturated rings. The zero-order chi connectivity index (χ0) is 16.4. The Morgan fingerprint density at radius 2 is 1.83 bits per heavy atom. The molecule has 2 aliphatic heterocycles. The highest BCUT2D eigenvalue weighted by molar-refractivity contribution is 5.84. The summed E-state index contributed by atoms with van der Waals surface area (Å²) in [6, 6.07) is 5.34. The number of benzene rings is 1. The Kier molecular flexibility index (Phi) is 4.61. The summed E-state index contributed by atoms with van der Waals surface area (Å²) in [5.74, 6) is 1.55. The molecular weight excluding hydrogens is 296 g/mol. The van der Waals surface area contributed by atoms with Crippen LogP contribution in [0.15, 0.2) is 18.2 Å². The van der Waals surface area contributed by atoms with Gasteiger partial charge >= 0.3 is 0 Å². The highest BCUT2D eigenvalue weighted by Gasteiger charge is 2.28. The first-order chi connectivity index (χ1) is 11.0. The van der Waals surface area contributed by atoms with Crippen LogP contribution in [0.2, 0.25) is 0 Å². The molecule has 0 aromatic heterocycles. The summed E-state index contributed by atoms with van der Waals surface area (Å²) >= 11 is 0. The number of nitrogens with zero attached hydrogens (tertiary/aromatic N) is 1. The van der Waals surface area contributed by atoms with E-state index in [2.05, 4.69) is 5.32 Å². The molecule has 0 aliphatic carbocycles. The second kappa shape index (κ2) is 6.66. The minimum absolute atomic E-state index is 0.0733. The Labute approximate surface area is 136 Å². The van der Waals surface area contributed by atoms with Crippen molar-refractivity contribution in [3.8, 4) is 11.5 Å². The van der Waals surface area contributed by atoms with E-state index >= 15 is 0 Å². The molecule has 1 saturated heterocycles. The van der Waals surface area contributed by atoms with Gasteiger partial charge in [0.15, 0.2) is 11.5 Å². The molecule has 2 aliphatic rings. The Morgan fingerprint density at radius 3 is 2.52 bits per heavy atom. The van der Waals surface area contributed by atoms with Crippen molar-refractivity contribution in [2.45, 2.75) is 39.0 Å². The summed E-state index contributed by atoms with van der Waals surface area (Å²) in [4.78, 5) is 14.5. The molecule has 1 aromatic rings. The lowest BCUT2D eigenvalue weighted by Gasteiger charge is -2.36. The molecule has 6 heteroatoms. The molecule has 6 nitrogen and oxygen atoms in total. The normalized spacial score (nSPS) is 24.9. The number of hydrogen-bond acceptors (Lipinski definition) is 5. The van der Waals surface area contributed by atoms with Crippen molar-refractivity contribution in [2.75, 3.05) is 31.6 Å². The zero-order valence-electron chi connectivity index (χ0n) is 13.9. The van der Waals surface area contributed by atoms with Crippen LogP contribution in [-0.4, -0.2) is 55.4 Å². The molecule has 23 heavy (non-hydrogen) atoms. The predicted octanol–water partition coefficient (Wildman–Crippen LogP) is 1.89. The average molecular weight is 320 g/mol. The maximum absolute atomic E-state index is 12.6. The summed E-state index contributed by atoms with van der Waals surface area (Å²) in [6.45, 7) is 8.26. The molecule has 0 spiro atoms. The molecule has 1 aromatic carbocycles. The van der Waals surface area contributed by atoms with Crippen LogP contribution in [0.3, 0.4) is 0 Å². The number of anilines is 1. The number of carbonyl (C=O) groups is 1. The van der Waals surface area contributed by atoms with Crippen LogP contribution in [-0.2, 0) is 9.53 Å². The van der Waals surface area contributed by atoms with Gasteiger partial charge in [-0.1, -0.05) is 0 Å². The van der Waals surface area contributed by atoms with Crippen molar-refractivity contribution in [1.29, 1.82) is 0 Å². The number of ether oxygens (including phenoxy) is 3. The Balaban J connectivity index is 1.64. The van der Waals surface area contributed by atoms with E-state index in [1.54, 1.807) is 0 Å². The van der Waals surface area contributed by atoms with Gasteiger partial charge < -0.3 is 24.4 Å². The highest BCUT2D eigenvalue weighted by atomic mass is 16.6. The highest BCUT2D eigenvalue weighted by Crippen LogP contribution is 2.32.